The smallest absolute Gasteiger partial charge is 0.406 e. The Balaban J connectivity index is 1.41. The molecule has 2 amide bonds. The van der Waals surface area contributed by atoms with E-state index in [0.29, 0.717) is 5.56 Å². The molecule has 2 aromatic carbocycles. The first-order valence-corrected chi connectivity index (χ1v) is 9.97. The van der Waals surface area contributed by atoms with Crippen molar-refractivity contribution >= 4 is 6.03 Å². The number of carbonyl (C=O) groups excluding carboxylic acids is 1. The number of hydrogen-bond acceptors (Lipinski definition) is 3. The van der Waals surface area contributed by atoms with E-state index in [9.17, 15) is 18.0 Å². The zero-order valence-electron chi connectivity index (χ0n) is 16.8. The summed E-state index contributed by atoms with van der Waals surface area (Å²) in [6.07, 6.45) is -2.97. The molecule has 162 valence electrons. The molecule has 5 nitrogen and oxygen atoms in total. The van der Waals surface area contributed by atoms with E-state index in [4.69, 9.17) is 0 Å². The van der Waals surface area contributed by atoms with Gasteiger partial charge in [0, 0.05) is 25.7 Å². The van der Waals surface area contributed by atoms with Crippen LogP contribution in [0.5, 0.6) is 5.75 Å². The second-order valence-electron chi connectivity index (χ2n) is 7.49. The second kappa shape index (κ2) is 9.84. The maximum Gasteiger partial charge on any atom is 0.573 e. The predicted octanol–water partition coefficient (Wildman–Crippen LogP) is 4.61. The molecule has 1 heterocycles. The molecule has 1 fully saturated rings. The Hall–Kier alpha value is -2.74. The van der Waals surface area contributed by atoms with Gasteiger partial charge in [-0.05, 0) is 43.0 Å². The molecular formula is C22H26F3N3O2. The Morgan fingerprint density at radius 1 is 1.10 bits per heavy atom. The minimum absolute atomic E-state index is 0.104. The van der Waals surface area contributed by atoms with Gasteiger partial charge in [0.25, 0.3) is 0 Å². The molecule has 2 N–H and O–H groups in total. The van der Waals surface area contributed by atoms with Gasteiger partial charge in [-0.25, -0.2) is 4.79 Å². The summed E-state index contributed by atoms with van der Waals surface area (Å²) in [4.78, 5) is 14.7. The number of hydrogen-bond donors (Lipinski definition) is 2. The molecule has 3 rings (SSSR count). The normalized spacial score (nSPS) is 16.7. The third kappa shape index (κ3) is 6.95. The van der Waals surface area contributed by atoms with E-state index in [2.05, 4.69) is 32.4 Å². The Morgan fingerprint density at radius 3 is 2.33 bits per heavy atom. The lowest BCUT2D eigenvalue weighted by atomic mass is 10.0. The van der Waals surface area contributed by atoms with Gasteiger partial charge in [0.15, 0.2) is 0 Å². The molecular weight excluding hydrogens is 395 g/mol. The Kier molecular flexibility index (Phi) is 7.20. The van der Waals surface area contributed by atoms with Crippen LogP contribution in [0.1, 0.15) is 36.9 Å². The van der Waals surface area contributed by atoms with Crippen molar-refractivity contribution in [1.29, 1.82) is 0 Å². The highest BCUT2D eigenvalue weighted by Crippen LogP contribution is 2.24. The molecule has 30 heavy (non-hydrogen) atoms. The van der Waals surface area contributed by atoms with Crippen LogP contribution in [0.25, 0.3) is 0 Å². The molecule has 2 aromatic rings. The zero-order valence-corrected chi connectivity index (χ0v) is 16.8. The fourth-order valence-electron chi connectivity index (χ4n) is 3.54. The van der Waals surface area contributed by atoms with Crippen LogP contribution in [0.15, 0.2) is 54.6 Å². The summed E-state index contributed by atoms with van der Waals surface area (Å²) in [5.74, 6) is -0.287. The number of alkyl halides is 3. The molecule has 0 aliphatic carbocycles. The molecule has 1 saturated heterocycles. The number of benzene rings is 2. The Bertz CT molecular complexity index is 805. The van der Waals surface area contributed by atoms with Crippen LogP contribution < -0.4 is 15.4 Å². The van der Waals surface area contributed by atoms with Crippen molar-refractivity contribution in [2.75, 3.05) is 13.1 Å². The van der Waals surface area contributed by atoms with Gasteiger partial charge in [0.05, 0.1) is 6.04 Å². The van der Waals surface area contributed by atoms with Gasteiger partial charge < -0.3 is 15.4 Å². The highest BCUT2D eigenvalue weighted by atomic mass is 19.4. The van der Waals surface area contributed by atoms with E-state index in [-0.39, 0.29) is 23.9 Å². The van der Waals surface area contributed by atoms with E-state index < -0.39 is 6.36 Å². The lowest BCUT2D eigenvalue weighted by molar-refractivity contribution is -0.274. The fraction of sp³-hybridized carbons (Fsp3) is 0.409. The van der Waals surface area contributed by atoms with E-state index in [1.165, 1.54) is 29.8 Å². The van der Waals surface area contributed by atoms with Gasteiger partial charge in [-0.3, -0.25) is 4.90 Å². The van der Waals surface area contributed by atoms with Crippen LogP contribution in [0.2, 0.25) is 0 Å². The summed E-state index contributed by atoms with van der Waals surface area (Å²) >= 11 is 0. The molecule has 1 aliphatic heterocycles. The molecule has 0 aromatic heterocycles. The number of amides is 2. The van der Waals surface area contributed by atoms with Gasteiger partial charge in [0.1, 0.15) is 5.75 Å². The van der Waals surface area contributed by atoms with E-state index in [1.807, 2.05) is 18.2 Å². The number of carbonyl (C=O) groups is 1. The lowest BCUT2D eigenvalue weighted by Gasteiger charge is -2.32. The second-order valence-corrected chi connectivity index (χ2v) is 7.49. The van der Waals surface area contributed by atoms with E-state index >= 15 is 0 Å². The van der Waals surface area contributed by atoms with Gasteiger partial charge >= 0.3 is 12.4 Å². The van der Waals surface area contributed by atoms with Crippen LogP contribution in [-0.4, -0.2) is 36.4 Å². The molecule has 0 saturated carbocycles. The molecule has 0 unspecified atom stereocenters. The van der Waals surface area contributed by atoms with Gasteiger partial charge in [0.2, 0.25) is 0 Å². The van der Waals surface area contributed by atoms with Gasteiger partial charge in [-0.2, -0.15) is 0 Å². The molecule has 1 atom stereocenters. The van der Waals surface area contributed by atoms with Crippen LogP contribution >= 0.6 is 0 Å². The van der Waals surface area contributed by atoms with Crippen molar-refractivity contribution in [3.63, 3.8) is 0 Å². The van der Waals surface area contributed by atoms with E-state index in [1.54, 1.807) is 6.92 Å². The van der Waals surface area contributed by atoms with Crippen molar-refractivity contribution < 1.29 is 22.7 Å². The van der Waals surface area contributed by atoms with Crippen molar-refractivity contribution in [3.05, 3.63) is 65.7 Å². The maximum absolute atomic E-state index is 12.3. The first kappa shape index (κ1) is 22.0. The molecule has 0 spiro atoms. The highest BCUT2D eigenvalue weighted by Gasteiger charge is 2.31. The van der Waals surface area contributed by atoms with Crippen LogP contribution in [0, 0.1) is 0 Å². The molecule has 0 radical (unpaired) electrons. The van der Waals surface area contributed by atoms with Crippen LogP contribution in [0.4, 0.5) is 18.0 Å². The summed E-state index contributed by atoms with van der Waals surface area (Å²) in [6.45, 7) is 4.51. The number of urea groups is 1. The average molecular weight is 421 g/mol. The average Bonchev–Trinajstić information content (AvgIpc) is 2.69. The summed E-state index contributed by atoms with van der Waals surface area (Å²) < 4.78 is 40.6. The fourth-order valence-corrected chi connectivity index (χ4v) is 3.54. The van der Waals surface area contributed by atoms with Crippen molar-refractivity contribution in [1.82, 2.24) is 15.5 Å². The van der Waals surface area contributed by atoms with Gasteiger partial charge in [-0.1, -0.05) is 42.5 Å². The maximum atomic E-state index is 12.3. The summed E-state index contributed by atoms with van der Waals surface area (Å²) in [5.41, 5.74) is 1.97. The van der Waals surface area contributed by atoms with Crippen molar-refractivity contribution in [3.8, 4) is 5.75 Å². The minimum atomic E-state index is -4.72. The quantitative estimate of drug-likeness (QED) is 0.716. The first-order valence-electron chi connectivity index (χ1n) is 9.97. The number of nitrogens with one attached hydrogen (secondary N) is 2. The van der Waals surface area contributed by atoms with Gasteiger partial charge in [-0.15, -0.1) is 13.2 Å². The summed E-state index contributed by atoms with van der Waals surface area (Å²) in [5, 5.41) is 5.83. The minimum Gasteiger partial charge on any atom is -0.406 e. The highest BCUT2D eigenvalue weighted by molar-refractivity contribution is 5.74. The predicted molar refractivity (Wildman–Crippen MR) is 108 cm³/mol. The molecule has 8 heteroatoms. The third-order valence-corrected chi connectivity index (χ3v) is 5.13. The first-order chi connectivity index (χ1) is 14.3. The Morgan fingerprint density at radius 2 is 1.73 bits per heavy atom. The third-order valence-electron chi connectivity index (χ3n) is 5.13. The number of rotatable bonds is 6. The largest absolute Gasteiger partial charge is 0.573 e. The number of nitrogens with zero attached hydrogens (tertiary/aromatic N) is 1. The SMILES string of the molecule is C[C@@H](NC(=O)NC1CCN(Cc2ccccc2)CC1)c1ccc(OC(F)(F)F)cc1. The number of ether oxygens (including phenoxy) is 1. The van der Waals surface area contributed by atoms with Crippen molar-refractivity contribution in [2.45, 2.75) is 44.8 Å². The summed E-state index contributed by atoms with van der Waals surface area (Å²) in [6, 6.07) is 15.3. The topological polar surface area (TPSA) is 53.6 Å². The number of piperidine rings is 1. The van der Waals surface area contributed by atoms with Crippen LogP contribution in [-0.2, 0) is 6.54 Å². The van der Waals surface area contributed by atoms with Crippen LogP contribution in [0.3, 0.4) is 0 Å². The lowest BCUT2D eigenvalue weighted by Crippen LogP contribution is -2.48. The van der Waals surface area contributed by atoms with Crippen molar-refractivity contribution in [2.24, 2.45) is 0 Å². The summed E-state index contributed by atoms with van der Waals surface area (Å²) in [7, 11) is 0. The standard InChI is InChI=1S/C22H26F3N3O2/c1-16(18-7-9-20(10-8-18)30-22(23,24)25)26-21(29)27-19-11-13-28(14-12-19)15-17-5-3-2-4-6-17/h2-10,16,19H,11-15H2,1H3,(H2,26,27,29)/t16-/m1/s1. The number of likely N-dealkylation sites (tertiary alicyclic amines) is 1. The zero-order chi connectivity index (χ0) is 21.6. The monoisotopic (exact) mass is 421 g/mol. The molecule has 1 aliphatic rings. The molecule has 0 bridgehead atoms. The number of halogens is 3. The Labute approximate surface area is 174 Å². The van der Waals surface area contributed by atoms with E-state index in [0.717, 1.165) is 32.5 Å².